The first-order valence-corrected chi connectivity index (χ1v) is 31.0. The van der Waals surface area contributed by atoms with Gasteiger partial charge in [0.1, 0.15) is 0 Å². The molecule has 0 spiro atoms. The smallest absolute Gasteiger partial charge is 0.399 e. The van der Waals surface area contributed by atoms with E-state index in [1.54, 1.807) is 0 Å². The first-order chi connectivity index (χ1) is 42.1. The quantitative estimate of drug-likeness (QED) is 0.148. The van der Waals surface area contributed by atoms with Crippen molar-refractivity contribution in [2.75, 3.05) is 0 Å². The Morgan fingerprint density at radius 1 is 0.244 bits per heavy atom. The number of halogens is 1. The second-order valence-corrected chi connectivity index (χ2v) is 25.7. The molecule has 86 heavy (non-hydrogen) atoms. The number of hydrogen-bond acceptors (Lipinski definition) is 2. The van der Waals surface area contributed by atoms with Crippen LogP contribution in [-0.4, -0.2) is 18.3 Å². The van der Waals surface area contributed by atoms with Gasteiger partial charge >= 0.3 is 7.12 Å². The molecule has 1 aliphatic heterocycles. The van der Waals surface area contributed by atoms with Crippen molar-refractivity contribution in [3.05, 3.63) is 397 Å². The molecule has 0 bridgehead atoms. The van der Waals surface area contributed by atoms with Gasteiger partial charge in [0, 0.05) is 4.47 Å². The number of hydrogen-bond donors (Lipinski definition) is 0. The maximum absolute atomic E-state index is 6.47. The summed E-state index contributed by atoms with van der Waals surface area (Å²) in [6, 6.07) is 113. The van der Waals surface area contributed by atoms with Gasteiger partial charge in [0.15, 0.2) is 0 Å². The highest BCUT2D eigenvalue weighted by Gasteiger charge is 2.60. The fraction of sp³-hybridized carbons (Fsp3) is 0.122. The molecule has 17 rings (SSSR count). The molecule has 0 radical (unpaired) electrons. The SMILES string of the molecule is Brc1ccc(C2(c3ccccc3)c3ccccc3C3(c4ccccc4)c4ccccc4-c4cccc2c43)cc1.CC1(C)OB(c2ccc(C3(c4ccccc4)c4ccccc4C4(c5ccccc5)c5ccccc5-c5cccc3c54)cc2)OC1(C)C. The molecular formula is C82H62BBrO2. The molecule has 0 amide bonds. The van der Waals surface area contributed by atoms with Crippen LogP contribution in [0, 0.1) is 0 Å². The lowest BCUT2D eigenvalue weighted by atomic mass is 9.51. The van der Waals surface area contributed by atoms with Gasteiger partial charge in [-0.3, -0.25) is 0 Å². The van der Waals surface area contributed by atoms with E-state index in [0.717, 1.165) is 9.94 Å². The molecule has 1 heterocycles. The topological polar surface area (TPSA) is 18.5 Å². The Morgan fingerprint density at radius 3 is 0.884 bits per heavy atom. The van der Waals surface area contributed by atoms with Crippen LogP contribution in [0.3, 0.4) is 0 Å². The Kier molecular flexibility index (Phi) is 12.0. The third-order valence-electron chi connectivity index (χ3n) is 20.4. The highest BCUT2D eigenvalue weighted by atomic mass is 79.9. The molecule has 1 saturated heterocycles. The van der Waals surface area contributed by atoms with Crippen LogP contribution in [-0.2, 0) is 31.0 Å². The van der Waals surface area contributed by atoms with Crippen molar-refractivity contribution in [3.8, 4) is 22.3 Å². The normalized spacial score (nSPS) is 21.6. The minimum Gasteiger partial charge on any atom is -0.399 e. The van der Waals surface area contributed by atoms with E-state index in [2.05, 4.69) is 347 Å². The third-order valence-corrected chi connectivity index (χ3v) is 20.9. The molecule has 4 atom stereocenters. The van der Waals surface area contributed by atoms with Crippen molar-refractivity contribution in [2.24, 2.45) is 0 Å². The first-order valence-electron chi connectivity index (χ1n) is 30.2. The van der Waals surface area contributed by atoms with Gasteiger partial charge in [-0.25, -0.2) is 0 Å². The van der Waals surface area contributed by atoms with Crippen LogP contribution in [0.25, 0.3) is 22.3 Å². The van der Waals surface area contributed by atoms with Crippen molar-refractivity contribution in [2.45, 2.75) is 60.6 Å². The average Bonchev–Trinajstić information content (AvgIpc) is 1.37. The molecule has 412 valence electrons. The first kappa shape index (κ1) is 52.6. The molecule has 5 aliphatic rings. The van der Waals surface area contributed by atoms with Crippen LogP contribution in [0.4, 0.5) is 0 Å². The van der Waals surface area contributed by atoms with E-state index in [1.807, 2.05) is 0 Å². The minimum absolute atomic E-state index is 0.395. The summed E-state index contributed by atoms with van der Waals surface area (Å²) in [5, 5.41) is 0. The zero-order chi connectivity index (χ0) is 58.0. The molecule has 4 unspecified atom stereocenters. The zero-order valence-corrected chi connectivity index (χ0v) is 50.2. The molecule has 12 aromatic carbocycles. The minimum atomic E-state index is -0.558. The molecule has 0 saturated carbocycles. The van der Waals surface area contributed by atoms with Crippen LogP contribution in [0.5, 0.6) is 0 Å². The second-order valence-electron chi connectivity index (χ2n) is 24.8. The molecular weight excluding hydrogens is 1110 g/mol. The van der Waals surface area contributed by atoms with Crippen LogP contribution < -0.4 is 5.46 Å². The van der Waals surface area contributed by atoms with Crippen LogP contribution in [0.1, 0.15) is 117 Å². The van der Waals surface area contributed by atoms with Gasteiger partial charge in [-0.2, -0.15) is 0 Å². The lowest BCUT2D eigenvalue weighted by Crippen LogP contribution is -2.44. The predicted molar refractivity (Wildman–Crippen MR) is 355 cm³/mol. The van der Waals surface area contributed by atoms with Crippen molar-refractivity contribution >= 4 is 28.5 Å². The molecule has 12 aromatic rings. The highest BCUT2D eigenvalue weighted by Crippen LogP contribution is 2.68. The molecule has 2 nitrogen and oxygen atoms in total. The van der Waals surface area contributed by atoms with Crippen molar-refractivity contribution < 1.29 is 9.31 Å². The largest absolute Gasteiger partial charge is 0.494 e. The van der Waals surface area contributed by atoms with Gasteiger partial charge in [0.2, 0.25) is 0 Å². The lowest BCUT2D eigenvalue weighted by Gasteiger charge is -2.49. The van der Waals surface area contributed by atoms with E-state index in [-0.39, 0.29) is 0 Å². The summed E-state index contributed by atoms with van der Waals surface area (Å²) >= 11 is 3.70. The number of rotatable bonds is 7. The number of benzene rings is 12. The Labute approximate surface area is 514 Å². The van der Waals surface area contributed by atoms with Crippen LogP contribution >= 0.6 is 15.9 Å². The van der Waals surface area contributed by atoms with Gasteiger partial charge in [-0.05, 0) is 157 Å². The van der Waals surface area contributed by atoms with E-state index in [0.29, 0.717) is 0 Å². The monoisotopic (exact) mass is 1170 g/mol. The molecule has 0 aromatic heterocycles. The summed E-state index contributed by atoms with van der Waals surface area (Å²) in [5.74, 6) is 0. The Bertz CT molecular complexity index is 4580. The summed E-state index contributed by atoms with van der Waals surface area (Å²) in [4.78, 5) is 0. The van der Waals surface area contributed by atoms with Gasteiger partial charge in [0.25, 0.3) is 0 Å². The second kappa shape index (κ2) is 19.6. The summed E-state index contributed by atoms with van der Waals surface area (Å²) in [6.45, 7) is 8.44. The fourth-order valence-corrected chi connectivity index (χ4v) is 16.5. The third kappa shape index (κ3) is 7.04. The van der Waals surface area contributed by atoms with Crippen molar-refractivity contribution in [1.82, 2.24) is 0 Å². The van der Waals surface area contributed by atoms with Crippen LogP contribution in [0.2, 0.25) is 0 Å². The lowest BCUT2D eigenvalue weighted by molar-refractivity contribution is 0.00578. The molecule has 4 aliphatic carbocycles. The molecule has 4 heteroatoms. The van der Waals surface area contributed by atoms with E-state index in [9.17, 15) is 0 Å². The average molecular weight is 1170 g/mol. The summed E-state index contributed by atoms with van der Waals surface area (Å²) in [7, 11) is -0.415. The predicted octanol–water partition coefficient (Wildman–Crippen LogP) is 18.6. The van der Waals surface area contributed by atoms with Gasteiger partial charge < -0.3 is 9.31 Å². The van der Waals surface area contributed by atoms with Gasteiger partial charge in [0.05, 0.1) is 32.9 Å². The standard InChI is InChI=1S/C44H37BO2.C38H25Br/c1-41(2)42(3,4)47-45(46-41)33-28-26-32(27-29-33)43(30-16-7-5-8-17-30)37-23-13-14-24-38(37)44(31-18-9-6-10-19-31)36-22-12-11-20-34(36)35-21-15-25-39(43)40(35)44;39-29-24-22-28(23-25-29)37(26-12-3-1-4-13-26)33-19-9-10-20-34(33)38(27-14-5-2-6-15-27)32-18-8-7-16-30(32)31-17-11-21-35(37)36(31)38/h5-29H,1-4H3;1-25H. The maximum Gasteiger partial charge on any atom is 0.494 e. The Hall–Kier alpha value is -8.90. The van der Waals surface area contributed by atoms with Crippen molar-refractivity contribution in [3.63, 3.8) is 0 Å². The Balaban J connectivity index is 0.000000142. The highest BCUT2D eigenvalue weighted by molar-refractivity contribution is 9.10. The van der Waals surface area contributed by atoms with E-state index in [4.69, 9.17) is 9.31 Å². The molecule has 1 fully saturated rings. The Morgan fingerprint density at radius 2 is 0.512 bits per heavy atom. The van der Waals surface area contributed by atoms with Gasteiger partial charge in [-0.15, -0.1) is 0 Å². The van der Waals surface area contributed by atoms with E-state index >= 15 is 0 Å². The summed E-state index contributed by atoms with van der Waals surface area (Å²) in [5.41, 5.74) is 24.8. The van der Waals surface area contributed by atoms with Crippen LogP contribution in [0.15, 0.2) is 308 Å². The maximum atomic E-state index is 6.47. The number of fused-ring (bicyclic) bond motifs is 10. The van der Waals surface area contributed by atoms with Crippen molar-refractivity contribution in [1.29, 1.82) is 0 Å². The summed E-state index contributed by atoms with van der Waals surface area (Å²) in [6.07, 6.45) is 0. The molecule has 0 N–H and O–H groups in total. The van der Waals surface area contributed by atoms with E-state index < -0.39 is 40.0 Å². The fourth-order valence-electron chi connectivity index (χ4n) is 16.3. The van der Waals surface area contributed by atoms with E-state index in [1.165, 1.54) is 111 Å². The van der Waals surface area contributed by atoms with Gasteiger partial charge in [-0.1, -0.05) is 307 Å². The summed E-state index contributed by atoms with van der Waals surface area (Å²) < 4.78 is 14.0. The zero-order valence-electron chi connectivity index (χ0n) is 48.6.